The summed E-state index contributed by atoms with van der Waals surface area (Å²) in [4.78, 5) is 25.4. The van der Waals surface area contributed by atoms with E-state index < -0.39 is 62.2 Å². The van der Waals surface area contributed by atoms with Crippen LogP contribution in [0.25, 0.3) is 16.9 Å². The van der Waals surface area contributed by atoms with E-state index in [1.807, 2.05) is 0 Å². The summed E-state index contributed by atoms with van der Waals surface area (Å²) in [5.41, 5.74) is 0.422. The van der Waals surface area contributed by atoms with E-state index in [1.165, 1.54) is 27.3 Å². The van der Waals surface area contributed by atoms with Crippen LogP contribution in [0.5, 0.6) is 11.6 Å². The monoisotopic (exact) mass is 580 g/mol. The number of rotatable bonds is 10. The second-order valence-corrected chi connectivity index (χ2v) is 8.66. The average Bonchev–Trinajstić information content (AvgIpc) is 3.27. The molecule has 0 fully saturated rings. The molecule has 2 atom stereocenters. The smallest absolute Gasteiger partial charge is 0.414 e. The first kappa shape index (κ1) is 30.7. The summed E-state index contributed by atoms with van der Waals surface area (Å²) < 4.78 is 108. The number of halogens is 7. The predicted molar refractivity (Wildman–Crippen MR) is 129 cm³/mol. The molecule has 0 aliphatic heterocycles. The van der Waals surface area contributed by atoms with Crippen molar-refractivity contribution in [2.75, 3.05) is 27.4 Å². The number of nitrogens with one attached hydrogen (secondary N) is 1. The number of carbonyl (C=O) groups excluding carboxylic acids is 1. The first-order chi connectivity index (χ1) is 18.7. The maximum atomic E-state index is 14.4. The highest BCUT2D eigenvalue weighted by Gasteiger charge is 2.49. The molecule has 0 saturated heterocycles. The number of hydrogen-bond acceptors (Lipinski definition) is 6. The number of imidazole rings is 1. The molecule has 0 bridgehead atoms. The Morgan fingerprint density at radius 2 is 1.80 bits per heavy atom. The normalized spacial score (nSPS) is 13.7. The molecule has 0 unspecified atom stereocenters. The molecule has 220 valence electrons. The van der Waals surface area contributed by atoms with Gasteiger partial charge in [-0.25, -0.2) is 14.8 Å². The third-order valence-electron chi connectivity index (χ3n) is 5.93. The minimum Gasteiger partial charge on any atom is -0.494 e. The standard InChI is InChI=1S/C24H27F7N6O3/c1-5-37(22(38)35-18(7-6-8-25)23(26,27)28)19(24(29,30)31)15-9-14(17(39-3)10-32-15)16-12-36-11-13(2)33-20(36)21(34-16)40-4/h9-12,18-19H,5-8H2,1-4H3,(H,35,38)/t18-,19-/m0/s1. The molecule has 3 rings (SSSR count). The number of carbonyl (C=O) groups is 1. The summed E-state index contributed by atoms with van der Waals surface area (Å²) >= 11 is 0. The fourth-order valence-electron chi connectivity index (χ4n) is 4.11. The number of aromatic nitrogens is 4. The van der Waals surface area contributed by atoms with E-state index in [9.17, 15) is 35.5 Å². The highest BCUT2D eigenvalue weighted by atomic mass is 19.4. The molecule has 3 aromatic rings. The van der Waals surface area contributed by atoms with E-state index in [2.05, 4.69) is 15.0 Å². The number of urea groups is 1. The Hall–Kier alpha value is -3.85. The number of alkyl halides is 7. The molecule has 3 heterocycles. The van der Waals surface area contributed by atoms with Crippen LogP contribution in [0.1, 0.15) is 37.2 Å². The number of amides is 2. The zero-order valence-corrected chi connectivity index (χ0v) is 21.9. The second kappa shape index (κ2) is 12.1. The first-order valence-electron chi connectivity index (χ1n) is 12.0. The van der Waals surface area contributed by atoms with Crippen molar-refractivity contribution < 1.29 is 45.0 Å². The van der Waals surface area contributed by atoms with Crippen molar-refractivity contribution in [3.05, 3.63) is 36.0 Å². The van der Waals surface area contributed by atoms with E-state index in [1.54, 1.807) is 22.8 Å². The van der Waals surface area contributed by atoms with Crippen molar-refractivity contribution in [3.63, 3.8) is 0 Å². The van der Waals surface area contributed by atoms with Crippen LogP contribution in [0, 0.1) is 6.92 Å². The van der Waals surface area contributed by atoms with Gasteiger partial charge in [0.1, 0.15) is 11.8 Å². The molecule has 9 nitrogen and oxygen atoms in total. The van der Waals surface area contributed by atoms with Gasteiger partial charge in [-0.3, -0.25) is 9.37 Å². The molecule has 16 heteroatoms. The zero-order valence-electron chi connectivity index (χ0n) is 21.9. The fourth-order valence-corrected chi connectivity index (χ4v) is 4.11. The Balaban J connectivity index is 2.10. The molecule has 0 spiro atoms. The van der Waals surface area contributed by atoms with Crippen molar-refractivity contribution in [2.24, 2.45) is 0 Å². The summed E-state index contributed by atoms with van der Waals surface area (Å²) in [5.74, 6) is 0.102. The Labute approximate surface area is 224 Å². The van der Waals surface area contributed by atoms with E-state index >= 15 is 0 Å². The number of hydrogen-bond donors (Lipinski definition) is 1. The summed E-state index contributed by atoms with van der Waals surface area (Å²) in [6, 6.07) is -5.92. The molecular formula is C24H27F7N6O3. The number of pyridine rings is 1. The van der Waals surface area contributed by atoms with Crippen molar-refractivity contribution >= 4 is 11.7 Å². The number of fused-ring (bicyclic) bond motifs is 1. The SMILES string of the molecule is CCN(C(=O)N[C@@H](CCCF)C(F)(F)F)[C@@H](c1cc(-c2cn3cc(C)nc3c(OC)n2)c(OC)cn1)C(F)(F)F. The van der Waals surface area contributed by atoms with E-state index in [0.717, 1.165) is 12.3 Å². The van der Waals surface area contributed by atoms with Crippen LogP contribution < -0.4 is 14.8 Å². The topological polar surface area (TPSA) is 93.9 Å². The van der Waals surface area contributed by atoms with Crippen LogP contribution in [0.4, 0.5) is 35.5 Å². The summed E-state index contributed by atoms with van der Waals surface area (Å²) in [6.45, 7) is 1.18. The highest BCUT2D eigenvalue weighted by molar-refractivity contribution is 5.76. The third-order valence-corrected chi connectivity index (χ3v) is 5.93. The fraction of sp³-hybridized carbons (Fsp3) is 0.500. The van der Waals surface area contributed by atoms with Gasteiger partial charge in [0.05, 0.1) is 44.2 Å². The van der Waals surface area contributed by atoms with Gasteiger partial charge in [0.15, 0.2) is 6.04 Å². The van der Waals surface area contributed by atoms with Gasteiger partial charge in [-0.1, -0.05) is 0 Å². The molecular weight excluding hydrogens is 553 g/mol. The number of ether oxygens (including phenoxy) is 2. The molecule has 0 aliphatic carbocycles. The number of aryl methyl sites for hydroxylation is 1. The van der Waals surface area contributed by atoms with Gasteiger partial charge in [-0.2, -0.15) is 26.3 Å². The largest absolute Gasteiger partial charge is 0.494 e. The minimum absolute atomic E-state index is 0.0336. The summed E-state index contributed by atoms with van der Waals surface area (Å²) in [7, 11) is 2.60. The average molecular weight is 581 g/mol. The van der Waals surface area contributed by atoms with Gasteiger partial charge in [-0.05, 0) is 32.8 Å². The molecule has 0 radical (unpaired) electrons. The molecule has 0 aromatic carbocycles. The van der Waals surface area contributed by atoms with Crippen LogP contribution in [0.15, 0.2) is 24.7 Å². The van der Waals surface area contributed by atoms with Gasteiger partial charge in [0.2, 0.25) is 5.65 Å². The minimum atomic E-state index is -5.14. The van der Waals surface area contributed by atoms with Gasteiger partial charge >= 0.3 is 18.4 Å². The van der Waals surface area contributed by atoms with Crippen molar-refractivity contribution in [1.82, 2.24) is 29.6 Å². The van der Waals surface area contributed by atoms with E-state index in [-0.39, 0.29) is 27.8 Å². The van der Waals surface area contributed by atoms with Crippen molar-refractivity contribution in [1.29, 1.82) is 0 Å². The maximum absolute atomic E-state index is 14.4. The van der Waals surface area contributed by atoms with Crippen LogP contribution in [0.3, 0.4) is 0 Å². The highest BCUT2D eigenvalue weighted by Crippen LogP contribution is 2.40. The summed E-state index contributed by atoms with van der Waals surface area (Å²) in [6.07, 6.45) is -7.42. The third kappa shape index (κ3) is 6.65. The molecule has 1 N–H and O–H groups in total. The summed E-state index contributed by atoms with van der Waals surface area (Å²) in [5, 5.41) is 1.58. The Kier molecular flexibility index (Phi) is 9.30. The second-order valence-electron chi connectivity index (χ2n) is 8.66. The van der Waals surface area contributed by atoms with Crippen LogP contribution in [-0.2, 0) is 0 Å². The van der Waals surface area contributed by atoms with Gasteiger partial charge in [0.25, 0.3) is 5.88 Å². The first-order valence-corrected chi connectivity index (χ1v) is 12.0. The van der Waals surface area contributed by atoms with Crippen LogP contribution >= 0.6 is 0 Å². The van der Waals surface area contributed by atoms with Crippen LogP contribution in [-0.4, -0.2) is 76.1 Å². The molecule has 3 aromatic heterocycles. The van der Waals surface area contributed by atoms with E-state index in [0.29, 0.717) is 11.3 Å². The Bertz CT molecular complexity index is 1330. The predicted octanol–water partition coefficient (Wildman–Crippen LogP) is 5.43. The Morgan fingerprint density at radius 1 is 1.10 bits per heavy atom. The molecule has 0 saturated carbocycles. The molecule has 0 aliphatic rings. The van der Waals surface area contributed by atoms with E-state index in [4.69, 9.17) is 9.47 Å². The Morgan fingerprint density at radius 3 is 2.35 bits per heavy atom. The van der Waals surface area contributed by atoms with Crippen molar-refractivity contribution in [3.8, 4) is 22.9 Å². The van der Waals surface area contributed by atoms with Gasteiger partial charge < -0.3 is 24.1 Å². The zero-order chi connectivity index (χ0) is 29.8. The van der Waals surface area contributed by atoms with Gasteiger partial charge in [0, 0.05) is 24.5 Å². The lowest BCUT2D eigenvalue weighted by molar-refractivity contribution is -0.180. The lowest BCUT2D eigenvalue weighted by atomic mass is 10.1. The maximum Gasteiger partial charge on any atom is 0.414 e. The lowest BCUT2D eigenvalue weighted by Gasteiger charge is -2.34. The van der Waals surface area contributed by atoms with Gasteiger partial charge in [-0.15, -0.1) is 0 Å². The molecule has 2 amide bonds. The van der Waals surface area contributed by atoms with Crippen molar-refractivity contribution in [2.45, 2.75) is 51.1 Å². The number of methoxy groups -OCH3 is 2. The number of nitrogens with zero attached hydrogens (tertiary/aromatic N) is 5. The lowest BCUT2D eigenvalue weighted by Crippen LogP contribution is -2.53. The molecule has 40 heavy (non-hydrogen) atoms. The van der Waals surface area contributed by atoms with Crippen LogP contribution in [0.2, 0.25) is 0 Å². The quantitative estimate of drug-likeness (QED) is 0.322.